The molecule has 0 fully saturated rings. The van der Waals surface area contributed by atoms with Gasteiger partial charge in [0.15, 0.2) is 0 Å². The number of nitrogen functional groups attached to an aromatic ring is 1. The van der Waals surface area contributed by atoms with Crippen molar-refractivity contribution in [3.63, 3.8) is 0 Å². The van der Waals surface area contributed by atoms with E-state index in [1.54, 1.807) is 0 Å². The summed E-state index contributed by atoms with van der Waals surface area (Å²) in [6.45, 7) is 0. The summed E-state index contributed by atoms with van der Waals surface area (Å²) in [6.07, 6.45) is 0.878. The average molecular weight is 258 g/mol. The van der Waals surface area contributed by atoms with E-state index in [0.29, 0.717) is 0 Å². The van der Waals surface area contributed by atoms with E-state index < -0.39 is 11.6 Å². The average Bonchev–Trinajstić information content (AvgIpc) is 2.29. The molecule has 0 atom stereocenters. The molecule has 7 heteroatoms. The fourth-order valence-electron chi connectivity index (χ4n) is 1.09. The molecule has 1 heterocycles. The van der Waals surface area contributed by atoms with E-state index in [1.807, 2.05) is 0 Å². The number of rotatable bonds is 2. The van der Waals surface area contributed by atoms with Gasteiger partial charge in [0, 0.05) is 6.07 Å². The molecule has 0 radical (unpaired) electrons. The molecule has 0 aliphatic rings. The molecule has 0 saturated heterocycles. The first-order valence-electron chi connectivity index (χ1n) is 4.47. The zero-order valence-corrected chi connectivity index (χ0v) is 9.08. The van der Waals surface area contributed by atoms with Gasteiger partial charge >= 0.3 is 0 Å². The van der Waals surface area contributed by atoms with Crippen LogP contribution in [-0.2, 0) is 0 Å². The SMILES string of the molecule is Nc1ncc(F)c(Oc2ccc(F)c(Cl)c2)n1. The fraction of sp³-hybridized carbons (Fsp3) is 0. The predicted molar refractivity (Wildman–Crippen MR) is 57.9 cm³/mol. The first-order valence-corrected chi connectivity index (χ1v) is 4.85. The van der Waals surface area contributed by atoms with Crippen molar-refractivity contribution < 1.29 is 13.5 Å². The molecule has 88 valence electrons. The van der Waals surface area contributed by atoms with Crippen molar-refractivity contribution in [2.45, 2.75) is 0 Å². The van der Waals surface area contributed by atoms with E-state index in [9.17, 15) is 8.78 Å². The normalized spacial score (nSPS) is 10.3. The van der Waals surface area contributed by atoms with Gasteiger partial charge in [-0.05, 0) is 12.1 Å². The zero-order chi connectivity index (χ0) is 12.4. The summed E-state index contributed by atoms with van der Waals surface area (Å²) in [6, 6.07) is 3.59. The third kappa shape index (κ3) is 2.59. The van der Waals surface area contributed by atoms with E-state index in [4.69, 9.17) is 22.1 Å². The highest BCUT2D eigenvalue weighted by molar-refractivity contribution is 6.30. The molecule has 0 spiro atoms. The molecule has 2 rings (SSSR count). The van der Waals surface area contributed by atoms with E-state index >= 15 is 0 Å². The summed E-state index contributed by atoms with van der Waals surface area (Å²) in [5.74, 6) is -1.70. The van der Waals surface area contributed by atoms with Crippen molar-refractivity contribution in [1.82, 2.24) is 9.97 Å². The van der Waals surface area contributed by atoms with Gasteiger partial charge in [-0.3, -0.25) is 0 Å². The van der Waals surface area contributed by atoms with Gasteiger partial charge in [-0.15, -0.1) is 0 Å². The lowest BCUT2D eigenvalue weighted by Gasteiger charge is -2.06. The molecule has 1 aromatic carbocycles. The van der Waals surface area contributed by atoms with Gasteiger partial charge in [-0.25, -0.2) is 9.37 Å². The Morgan fingerprint density at radius 1 is 1.24 bits per heavy atom. The number of hydrogen-bond acceptors (Lipinski definition) is 4. The van der Waals surface area contributed by atoms with Gasteiger partial charge in [0.1, 0.15) is 11.6 Å². The second-order valence-corrected chi connectivity index (χ2v) is 3.47. The molecule has 2 N–H and O–H groups in total. The lowest BCUT2D eigenvalue weighted by molar-refractivity contribution is 0.420. The first kappa shape index (κ1) is 11.5. The van der Waals surface area contributed by atoms with E-state index in [0.717, 1.165) is 12.3 Å². The van der Waals surface area contributed by atoms with Crippen molar-refractivity contribution in [1.29, 1.82) is 0 Å². The quantitative estimate of drug-likeness (QED) is 0.899. The van der Waals surface area contributed by atoms with Crippen LogP contribution < -0.4 is 10.5 Å². The van der Waals surface area contributed by atoms with Crippen LogP contribution in [0.3, 0.4) is 0 Å². The number of benzene rings is 1. The number of halogens is 3. The number of ether oxygens (including phenoxy) is 1. The summed E-state index contributed by atoms with van der Waals surface area (Å²) in [5, 5.41) is -0.134. The third-order valence-corrected chi connectivity index (χ3v) is 2.13. The molecular formula is C10H6ClF2N3O. The van der Waals surface area contributed by atoms with Crippen LogP contribution in [0.5, 0.6) is 11.6 Å². The van der Waals surface area contributed by atoms with Crippen molar-refractivity contribution in [2.75, 3.05) is 5.73 Å². The molecule has 1 aromatic heterocycles. The number of nitrogens with two attached hydrogens (primary N) is 1. The van der Waals surface area contributed by atoms with Crippen LogP contribution in [0.1, 0.15) is 0 Å². The number of hydrogen-bond donors (Lipinski definition) is 1. The number of aromatic nitrogens is 2. The molecule has 0 aliphatic carbocycles. The molecule has 0 unspecified atom stereocenters. The maximum Gasteiger partial charge on any atom is 0.260 e. The Labute approximate surface area is 100 Å². The summed E-state index contributed by atoms with van der Waals surface area (Å²) in [5.41, 5.74) is 5.28. The highest BCUT2D eigenvalue weighted by Gasteiger charge is 2.09. The monoisotopic (exact) mass is 257 g/mol. The van der Waals surface area contributed by atoms with Crippen LogP contribution in [0.2, 0.25) is 5.02 Å². The van der Waals surface area contributed by atoms with Crippen LogP contribution in [0.25, 0.3) is 0 Å². The van der Waals surface area contributed by atoms with Crippen LogP contribution in [-0.4, -0.2) is 9.97 Å². The van der Waals surface area contributed by atoms with Gasteiger partial charge < -0.3 is 10.5 Å². The van der Waals surface area contributed by atoms with Gasteiger partial charge in [0.05, 0.1) is 11.2 Å². The summed E-state index contributed by atoms with van der Waals surface area (Å²) < 4.78 is 31.2. The minimum Gasteiger partial charge on any atom is -0.436 e. The van der Waals surface area contributed by atoms with Crippen LogP contribution in [0, 0.1) is 11.6 Å². The predicted octanol–water partition coefficient (Wildman–Crippen LogP) is 2.78. The lowest BCUT2D eigenvalue weighted by atomic mass is 10.3. The second-order valence-electron chi connectivity index (χ2n) is 3.06. The second kappa shape index (κ2) is 4.50. The molecule has 2 aromatic rings. The molecule has 4 nitrogen and oxygen atoms in total. The van der Waals surface area contributed by atoms with E-state index in [1.165, 1.54) is 12.1 Å². The summed E-state index contributed by atoms with van der Waals surface area (Å²) in [7, 11) is 0. The van der Waals surface area contributed by atoms with Gasteiger partial charge in [-0.2, -0.15) is 9.37 Å². The molecule has 17 heavy (non-hydrogen) atoms. The Morgan fingerprint density at radius 2 is 2.00 bits per heavy atom. The van der Waals surface area contributed by atoms with Crippen LogP contribution >= 0.6 is 11.6 Å². The van der Waals surface area contributed by atoms with Crippen molar-refractivity contribution >= 4 is 17.5 Å². The van der Waals surface area contributed by atoms with Crippen molar-refractivity contribution in [3.05, 3.63) is 41.1 Å². The Bertz CT molecular complexity index is 565. The summed E-state index contributed by atoms with van der Waals surface area (Å²) >= 11 is 5.54. The topological polar surface area (TPSA) is 61.0 Å². The van der Waals surface area contributed by atoms with Crippen LogP contribution in [0.15, 0.2) is 24.4 Å². The van der Waals surface area contributed by atoms with Gasteiger partial charge in [0.25, 0.3) is 5.88 Å². The molecular weight excluding hydrogens is 252 g/mol. The minimum atomic E-state index is -0.778. The van der Waals surface area contributed by atoms with Crippen molar-refractivity contribution in [3.8, 4) is 11.6 Å². The van der Waals surface area contributed by atoms with Gasteiger partial charge in [-0.1, -0.05) is 11.6 Å². The Balaban J connectivity index is 2.31. The summed E-state index contributed by atoms with van der Waals surface area (Å²) in [4.78, 5) is 6.99. The Morgan fingerprint density at radius 3 is 2.71 bits per heavy atom. The Kier molecular flexibility index (Phi) is 3.06. The van der Waals surface area contributed by atoms with Gasteiger partial charge in [0.2, 0.25) is 11.8 Å². The van der Waals surface area contributed by atoms with Crippen LogP contribution in [0.4, 0.5) is 14.7 Å². The minimum absolute atomic E-state index is 0.130. The maximum absolute atomic E-state index is 13.2. The molecule has 0 saturated carbocycles. The van der Waals surface area contributed by atoms with Crippen molar-refractivity contribution in [2.24, 2.45) is 0 Å². The zero-order valence-electron chi connectivity index (χ0n) is 8.32. The third-order valence-electron chi connectivity index (χ3n) is 1.84. The highest BCUT2D eigenvalue weighted by atomic mass is 35.5. The lowest BCUT2D eigenvalue weighted by Crippen LogP contribution is -1.99. The molecule has 0 aliphatic heterocycles. The first-order chi connectivity index (χ1) is 8.06. The largest absolute Gasteiger partial charge is 0.436 e. The smallest absolute Gasteiger partial charge is 0.260 e. The maximum atomic E-state index is 13.2. The number of nitrogens with zero attached hydrogens (tertiary/aromatic N) is 2. The Hall–Kier alpha value is -1.95. The van der Waals surface area contributed by atoms with E-state index in [2.05, 4.69) is 9.97 Å². The van der Waals surface area contributed by atoms with E-state index in [-0.39, 0.29) is 22.6 Å². The molecule has 0 bridgehead atoms. The molecule has 0 amide bonds. The number of anilines is 1. The standard InChI is InChI=1S/C10H6ClF2N3O/c11-6-3-5(1-2-7(6)12)17-9-8(13)4-15-10(14)16-9/h1-4H,(H2,14,15,16). The highest BCUT2D eigenvalue weighted by Crippen LogP contribution is 2.26. The fourth-order valence-corrected chi connectivity index (χ4v) is 1.26.